The number of amides is 1. The number of thiazole rings is 1. The van der Waals surface area contributed by atoms with E-state index in [2.05, 4.69) is 10.3 Å². The lowest BCUT2D eigenvalue weighted by atomic mass is 10.1. The third-order valence-electron chi connectivity index (χ3n) is 3.43. The Morgan fingerprint density at radius 1 is 1.35 bits per heavy atom. The number of hydrogen-bond donors (Lipinski definition) is 2. The Bertz CT molecular complexity index is 864. The van der Waals surface area contributed by atoms with Crippen LogP contribution in [0.2, 0.25) is 0 Å². The second kappa shape index (κ2) is 6.94. The van der Waals surface area contributed by atoms with Gasteiger partial charge in [0.2, 0.25) is 5.91 Å². The lowest BCUT2D eigenvalue weighted by Crippen LogP contribution is -2.28. The summed E-state index contributed by atoms with van der Waals surface area (Å²) in [7, 11) is -3.21. The maximum atomic E-state index is 12.1. The molecule has 0 radical (unpaired) electrons. The number of aromatic amines is 1. The van der Waals surface area contributed by atoms with Gasteiger partial charge >= 0.3 is 0 Å². The second-order valence-electron chi connectivity index (χ2n) is 5.37. The predicted octanol–water partition coefficient (Wildman–Crippen LogP) is 2.94. The first kappa shape index (κ1) is 17.8. The largest absolute Gasteiger partial charge is 0.349 e. The first-order valence-electron chi connectivity index (χ1n) is 6.95. The van der Waals surface area contributed by atoms with E-state index >= 15 is 0 Å². The van der Waals surface area contributed by atoms with Gasteiger partial charge in [-0.05, 0) is 43.8 Å². The molecule has 0 aliphatic carbocycles. The van der Waals surface area contributed by atoms with E-state index in [1.165, 1.54) is 17.6 Å². The van der Waals surface area contributed by atoms with Crippen molar-refractivity contribution in [2.24, 2.45) is 0 Å². The van der Waals surface area contributed by atoms with E-state index in [1.807, 2.05) is 13.8 Å². The van der Waals surface area contributed by atoms with Crippen LogP contribution in [0.25, 0.3) is 0 Å². The minimum absolute atomic E-state index is 0.0990. The number of carbonyl (C=O) groups is 1. The molecule has 0 spiro atoms. The van der Waals surface area contributed by atoms with Crippen LogP contribution in [0.15, 0.2) is 29.2 Å². The van der Waals surface area contributed by atoms with Gasteiger partial charge in [0.15, 0.2) is 13.8 Å². The van der Waals surface area contributed by atoms with Crippen LogP contribution >= 0.6 is 23.6 Å². The monoisotopic (exact) mass is 370 g/mol. The highest BCUT2D eigenvalue weighted by Gasteiger charge is 2.14. The zero-order chi connectivity index (χ0) is 17.2. The first-order chi connectivity index (χ1) is 10.7. The minimum Gasteiger partial charge on any atom is -0.349 e. The van der Waals surface area contributed by atoms with Crippen LogP contribution in [0.4, 0.5) is 0 Å². The molecule has 0 bridgehead atoms. The molecule has 5 nitrogen and oxygen atoms in total. The Balaban J connectivity index is 2.03. The Hall–Kier alpha value is -1.51. The molecule has 1 atom stereocenters. The van der Waals surface area contributed by atoms with Crippen LogP contribution in [0.3, 0.4) is 0 Å². The van der Waals surface area contributed by atoms with Gasteiger partial charge in [-0.1, -0.05) is 12.1 Å². The number of hydrogen-bond acceptors (Lipinski definition) is 5. The molecular formula is C15H18N2O3S3. The topological polar surface area (TPSA) is 79.0 Å². The zero-order valence-corrected chi connectivity index (χ0v) is 15.5. The van der Waals surface area contributed by atoms with Crippen molar-refractivity contribution in [1.29, 1.82) is 0 Å². The van der Waals surface area contributed by atoms with Crippen molar-refractivity contribution in [3.05, 3.63) is 44.4 Å². The molecule has 1 aromatic carbocycles. The molecule has 0 aliphatic rings. The van der Waals surface area contributed by atoms with Gasteiger partial charge in [-0.15, -0.1) is 11.3 Å². The Morgan fingerprint density at radius 2 is 1.96 bits per heavy atom. The summed E-state index contributed by atoms with van der Waals surface area (Å²) in [5, 5.41) is 2.91. The van der Waals surface area contributed by atoms with Crippen LogP contribution in [0, 0.1) is 10.9 Å². The number of carbonyl (C=O) groups excluding carboxylic acids is 1. The van der Waals surface area contributed by atoms with Crippen LogP contribution in [0.5, 0.6) is 0 Å². The van der Waals surface area contributed by atoms with Crippen molar-refractivity contribution in [3.63, 3.8) is 0 Å². The molecule has 0 unspecified atom stereocenters. The van der Waals surface area contributed by atoms with Gasteiger partial charge in [0.1, 0.15) is 0 Å². The maximum Gasteiger partial charge on any atom is 0.225 e. The van der Waals surface area contributed by atoms with Gasteiger partial charge < -0.3 is 10.3 Å². The lowest BCUT2D eigenvalue weighted by Gasteiger charge is -2.14. The summed E-state index contributed by atoms with van der Waals surface area (Å²) in [5.41, 5.74) is 1.77. The summed E-state index contributed by atoms with van der Waals surface area (Å²) < 4.78 is 23.6. The highest BCUT2D eigenvalue weighted by atomic mass is 32.2. The lowest BCUT2D eigenvalue weighted by molar-refractivity contribution is -0.121. The summed E-state index contributed by atoms with van der Waals surface area (Å²) in [6.07, 6.45) is 1.44. The molecule has 124 valence electrons. The van der Waals surface area contributed by atoms with Crippen LogP contribution in [0.1, 0.15) is 29.1 Å². The predicted molar refractivity (Wildman–Crippen MR) is 94.1 cm³/mol. The molecule has 2 N–H and O–H groups in total. The number of nitrogens with one attached hydrogen (secondary N) is 2. The van der Waals surface area contributed by atoms with E-state index in [4.69, 9.17) is 12.2 Å². The average molecular weight is 371 g/mol. The van der Waals surface area contributed by atoms with E-state index in [0.717, 1.165) is 16.1 Å². The molecule has 0 aliphatic heterocycles. The zero-order valence-electron chi connectivity index (χ0n) is 13.0. The van der Waals surface area contributed by atoms with Gasteiger partial charge in [0.05, 0.1) is 17.4 Å². The maximum absolute atomic E-state index is 12.1. The number of sulfone groups is 1. The van der Waals surface area contributed by atoms with E-state index in [9.17, 15) is 13.2 Å². The number of aryl methyl sites for hydroxylation is 1. The van der Waals surface area contributed by atoms with E-state index < -0.39 is 9.84 Å². The molecular weight excluding hydrogens is 352 g/mol. The van der Waals surface area contributed by atoms with Gasteiger partial charge in [-0.25, -0.2) is 8.42 Å². The standard InChI is InChI=1S/C15H18N2O3S3/c1-9(11-4-6-12(7-5-11)23(3,19)20)16-14(18)8-13-10(2)17-15(21)22-13/h4-7,9H,8H2,1-3H3,(H,16,18)(H,17,21)/t9-/m1/s1. The Kier molecular flexibility index (Phi) is 5.38. The fourth-order valence-electron chi connectivity index (χ4n) is 2.13. The van der Waals surface area contributed by atoms with Crippen molar-refractivity contribution in [3.8, 4) is 0 Å². The van der Waals surface area contributed by atoms with Crippen LogP contribution in [-0.2, 0) is 21.1 Å². The molecule has 0 fully saturated rings. The summed E-state index contributed by atoms with van der Waals surface area (Å²) >= 11 is 6.46. The molecule has 0 saturated carbocycles. The molecule has 2 aromatic rings. The first-order valence-corrected chi connectivity index (χ1v) is 10.1. The fourth-order valence-corrected chi connectivity index (χ4v) is 4.05. The van der Waals surface area contributed by atoms with Gasteiger partial charge in [-0.2, -0.15) is 0 Å². The fraction of sp³-hybridized carbons (Fsp3) is 0.333. The van der Waals surface area contributed by atoms with Gasteiger partial charge in [0.25, 0.3) is 0 Å². The summed E-state index contributed by atoms with van der Waals surface area (Å²) in [6.45, 7) is 3.75. The van der Waals surface area contributed by atoms with Crippen LogP contribution < -0.4 is 5.32 Å². The Labute approximate surface area is 144 Å². The molecule has 2 rings (SSSR count). The van der Waals surface area contributed by atoms with Gasteiger partial charge in [-0.3, -0.25) is 4.79 Å². The smallest absolute Gasteiger partial charge is 0.225 e. The summed E-state index contributed by atoms with van der Waals surface area (Å²) in [6, 6.07) is 6.33. The quantitative estimate of drug-likeness (QED) is 0.793. The van der Waals surface area contributed by atoms with Crippen molar-refractivity contribution < 1.29 is 13.2 Å². The summed E-state index contributed by atoms with van der Waals surface area (Å²) in [5.74, 6) is -0.0990. The third-order valence-corrected chi connectivity index (χ3v) is 5.90. The summed E-state index contributed by atoms with van der Waals surface area (Å²) in [4.78, 5) is 16.3. The Morgan fingerprint density at radius 3 is 2.43 bits per heavy atom. The van der Waals surface area contributed by atoms with Gasteiger partial charge in [0, 0.05) is 16.8 Å². The highest BCUT2D eigenvalue weighted by molar-refractivity contribution is 7.90. The van der Waals surface area contributed by atoms with E-state index in [0.29, 0.717) is 3.95 Å². The molecule has 1 heterocycles. The number of rotatable bonds is 5. The van der Waals surface area contributed by atoms with Crippen molar-refractivity contribution >= 4 is 39.3 Å². The van der Waals surface area contributed by atoms with Crippen molar-refractivity contribution in [1.82, 2.24) is 10.3 Å². The van der Waals surface area contributed by atoms with Crippen molar-refractivity contribution in [2.45, 2.75) is 31.2 Å². The third kappa shape index (κ3) is 4.73. The van der Waals surface area contributed by atoms with E-state index in [1.54, 1.807) is 24.3 Å². The molecule has 0 saturated heterocycles. The SMILES string of the molecule is Cc1[nH]c(=S)sc1CC(=O)N[C@H](C)c1ccc(S(C)(=O)=O)cc1. The molecule has 23 heavy (non-hydrogen) atoms. The van der Waals surface area contributed by atoms with Crippen LogP contribution in [-0.4, -0.2) is 25.6 Å². The second-order valence-corrected chi connectivity index (χ2v) is 9.16. The minimum atomic E-state index is -3.21. The highest BCUT2D eigenvalue weighted by Crippen LogP contribution is 2.18. The number of aromatic nitrogens is 1. The van der Waals surface area contributed by atoms with E-state index in [-0.39, 0.29) is 23.3 Å². The number of benzene rings is 1. The average Bonchev–Trinajstić information content (AvgIpc) is 2.75. The van der Waals surface area contributed by atoms with Crippen molar-refractivity contribution in [2.75, 3.05) is 6.26 Å². The molecule has 1 amide bonds. The normalized spacial score (nSPS) is 12.8. The molecule has 1 aromatic heterocycles. The molecule has 8 heteroatoms. The number of H-pyrrole nitrogens is 1.